The van der Waals surface area contributed by atoms with E-state index in [0.29, 0.717) is 25.9 Å². The van der Waals surface area contributed by atoms with E-state index in [-0.39, 0.29) is 17.4 Å². The number of hydrogen-bond acceptors (Lipinski definition) is 4. The van der Waals surface area contributed by atoms with Crippen LogP contribution in [0.2, 0.25) is 0 Å². The highest BCUT2D eigenvalue weighted by Gasteiger charge is 2.35. The van der Waals surface area contributed by atoms with E-state index >= 15 is 0 Å². The molecule has 21 heavy (non-hydrogen) atoms. The molecular weight excluding hydrogens is 288 g/mol. The third-order valence-corrected chi connectivity index (χ3v) is 5.51. The van der Waals surface area contributed by atoms with Crippen LogP contribution in [-0.4, -0.2) is 38.9 Å². The summed E-state index contributed by atoms with van der Waals surface area (Å²) in [7, 11) is -3.06. The molecule has 1 heterocycles. The lowest BCUT2D eigenvalue weighted by atomic mass is 10.1. The molecule has 1 aliphatic rings. The number of anilines is 1. The number of benzene rings is 1. The molecule has 1 amide bonds. The van der Waals surface area contributed by atoms with Gasteiger partial charge in [-0.3, -0.25) is 4.79 Å². The highest BCUT2D eigenvalue weighted by Crippen LogP contribution is 2.25. The van der Waals surface area contributed by atoms with Gasteiger partial charge in [-0.25, -0.2) is 8.42 Å². The molecule has 0 aromatic heterocycles. The van der Waals surface area contributed by atoms with E-state index in [1.807, 2.05) is 31.2 Å². The van der Waals surface area contributed by atoms with Crippen LogP contribution in [-0.2, 0) is 14.6 Å². The molecule has 1 aromatic carbocycles. The Morgan fingerprint density at radius 3 is 2.76 bits per heavy atom. The van der Waals surface area contributed by atoms with Crippen molar-refractivity contribution < 1.29 is 13.2 Å². The minimum Gasteiger partial charge on any atom is -0.330 e. The van der Waals surface area contributed by atoms with Gasteiger partial charge in [0.05, 0.1) is 17.4 Å². The fraction of sp³-hybridized carbons (Fsp3) is 0.533. The molecule has 2 N–H and O–H groups in total. The smallest absolute Gasteiger partial charge is 0.231 e. The summed E-state index contributed by atoms with van der Waals surface area (Å²) >= 11 is 0. The van der Waals surface area contributed by atoms with Gasteiger partial charge in [0.25, 0.3) is 0 Å². The third kappa shape index (κ3) is 4.04. The Bertz CT molecular complexity index is 613. The summed E-state index contributed by atoms with van der Waals surface area (Å²) in [6.45, 7) is 2.99. The molecule has 0 bridgehead atoms. The summed E-state index contributed by atoms with van der Waals surface area (Å²) in [6, 6.07) is 7.69. The van der Waals surface area contributed by atoms with E-state index in [4.69, 9.17) is 5.73 Å². The van der Waals surface area contributed by atoms with E-state index in [2.05, 4.69) is 0 Å². The highest BCUT2D eigenvalue weighted by molar-refractivity contribution is 7.91. The summed E-state index contributed by atoms with van der Waals surface area (Å²) in [4.78, 5) is 14.4. The first kappa shape index (κ1) is 16.0. The minimum atomic E-state index is -3.06. The molecular formula is C15H22N2O3S. The van der Waals surface area contributed by atoms with Gasteiger partial charge >= 0.3 is 0 Å². The van der Waals surface area contributed by atoms with Gasteiger partial charge in [-0.2, -0.15) is 0 Å². The van der Waals surface area contributed by atoms with E-state index in [1.54, 1.807) is 4.90 Å². The zero-order valence-corrected chi connectivity index (χ0v) is 13.1. The number of carbonyl (C=O) groups is 1. The minimum absolute atomic E-state index is 0.0310. The molecule has 0 radical (unpaired) electrons. The number of amides is 1. The van der Waals surface area contributed by atoms with Crippen LogP contribution in [0.25, 0.3) is 0 Å². The fourth-order valence-electron chi connectivity index (χ4n) is 2.62. The van der Waals surface area contributed by atoms with Gasteiger partial charge in [0, 0.05) is 12.2 Å². The Morgan fingerprint density at radius 2 is 2.19 bits per heavy atom. The third-order valence-electron chi connectivity index (χ3n) is 3.75. The maximum absolute atomic E-state index is 12.7. The molecule has 116 valence electrons. The van der Waals surface area contributed by atoms with Crippen molar-refractivity contribution >= 4 is 21.4 Å². The summed E-state index contributed by atoms with van der Waals surface area (Å²) < 4.78 is 23.2. The summed E-state index contributed by atoms with van der Waals surface area (Å²) in [6.07, 6.45) is 1.12. The monoisotopic (exact) mass is 310 g/mol. The van der Waals surface area contributed by atoms with Crippen LogP contribution in [0.4, 0.5) is 5.69 Å². The van der Waals surface area contributed by atoms with E-state index in [9.17, 15) is 13.2 Å². The van der Waals surface area contributed by atoms with Crippen LogP contribution in [0.5, 0.6) is 0 Å². The molecule has 5 nitrogen and oxygen atoms in total. The molecule has 1 saturated heterocycles. The second kappa shape index (κ2) is 6.58. The number of aryl methyl sites for hydroxylation is 1. The fourth-order valence-corrected chi connectivity index (χ4v) is 4.35. The van der Waals surface area contributed by atoms with Crippen molar-refractivity contribution in [3.8, 4) is 0 Å². The zero-order chi connectivity index (χ0) is 15.5. The Morgan fingerprint density at radius 1 is 1.43 bits per heavy atom. The van der Waals surface area contributed by atoms with Gasteiger partial charge in [0.2, 0.25) is 5.91 Å². The maximum atomic E-state index is 12.7. The molecule has 0 spiro atoms. The lowest BCUT2D eigenvalue weighted by Crippen LogP contribution is -2.38. The van der Waals surface area contributed by atoms with Gasteiger partial charge in [-0.15, -0.1) is 0 Å². The topological polar surface area (TPSA) is 80.5 Å². The first-order valence-corrected chi connectivity index (χ1v) is 9.03. The van der Waals surface area contributed by atoms with Crippen molar-refractivity contribution in [2.45, 2.75) is 19.8 Å². The lowest BCUT2D eigenvalue weighted by Gasteiger charge is -2.25. The normalized spacial score (nSPS) is 20.4. The molecule has 0 aliphatic carbocycles. The molecule has 1 unspecified atom stereocenters. The van der Waals surface area contributed by atoms with Crippen LogP contribution in [0.3, 0.4) is 0 Å². The predicted molar refractivity (Wildman–Crippen MR) is 84.0 cm³/mol. The number of sulfone groups is 1. The van der Waals surface area contributed by atoms with Gasteiger partial charge in [-0.05, 0) is 44.0 Å². The average Bonchev–Trinajstić information content (AvgIpc) is 2.79. The SMILES string of the molecule is Cc1cccc(N(CCCN)C(=O)C2CCS(=O)(=O)C2)c1. The summed E-state index contributed by atoms with van der Waals surface area (Å²) in [5, 5.41) is 0. The number of nitrogens with two attached hydrogens (primary N) is 1. The van der Waals surface area contributed by atoms with Crippen LogP contribution in [0.1, 0.15) is 18.4 Å². The molecule has 1 aromatic rings. The van der Waals surface area contributed by atoms with Crippen molar-refractivity contribution in [1.29, 1.82) is 0 Å². The Balaban J connectivity index is 2.21. The summed E-state index contributed by atoms with van der Waals surface area (Å²) in [5.41, 5.74) is 7.43. The Hall–Kier alpha value is -1.40. The van der Waals surface area contributed by atoms with Gasteiger partial charge in [0.15, 0.2) is 9.84 Å². The van der Waals surface area contributed by atoms with Crippen LogP contribution >= 0.6 is 0 Å². The lowest BCUT2D eigenvalue weighted by molar-refractivity contribution is -0.121. The second-order valence-electron chi connectivity index (χ2n) is 5.57. The second-order valence-corrected chi connectivity index (χ2v) is 7.80. The molecule has 1 atom stereocenters. The highest BCUT2D eigenvalue weighted by atomic mass is 32.2. The van der Waals surface area contributed by atoms with Crippen molar-refractivity contribution in [2.75, 3.05) is 29.5 Å². The first-order chi connectivity index (χ1) is 9.93. The van der Waals surface area contributed by atoms with Gasteiger partial charge in [0.1, 0.15) is 0 Å². The zero-order valence-electron chi connectivity index (χ0n) is 12.3. The van der Waals surface area contributed by atoms with Crippen molar-refractivity contribution in [3.63, 3.8) is 0 Å². The predicted octanol–water partition coefficient (Wildman–Crippen LogP) is 1.11. The number of nitrogens with zero attached hydrogens (tertiary/aromatic N) is 1. The van der Waals surface area contributed by atoms with Crippen molar-refractivity contribution in [3.05, 3.63) is 29.8 Å². The van der Waals surface area contributed by atoms with Crippen molar-refractivity contribution in [2.24, 2.45) is 11.7 Å². The number of rotatable bonds is 5. The largest absolute Gasteiger partial charge is 0.330 e. The molecule has 0 saturated carbocycles. The van der Waals surface area contributed by atoms with E-state index in [1.165, 1.54) is 0 Å². The van der Waals surface area contributed by atoms with Crippen LogP contribution in [0.15, 0.2) is 24.3 Å². The molecule has 2 rings (SSSR count). The Labute approximate surface area is 126 Å². The number of carbonyl (C=O) groups excluding carboxylic acids is 1. The number of hydrogen-bond donors (Lipinski definition) is 1. The molecule has 6 heteroatoms. The van der Waals surface area contributed by atoms with Crippen LogP contribution < -0.4 is 10.6 Å². The quantitative estimate of drug-likeness (QED) is 0.883. The molecule has 1 aliphatic heterocycles. The van der Waals surface area contributed by atoms with Gasteiger partial charge in [-0.1, -0.05) is 12.1 Å². The average molecular weight is 310 g/mol. The van der Waals surface area contributed by atoms with E-state index in [0.717, 1.165) is 11.3 Å². The van der Waals surface area contributed by atoms with Crippen molar-refractivity contribution in [1.82, 2.24) is 0 Å². The maximum Gasteiger partial charge on any atom is 0.231 e. The molecule has 1 fully saturated rings. The van der Waals surface area contributed by atoms with Crippen LogP contribution in [0, 0.1) is 12.8 Å². The Kier molecular flexibility index (Phi) is 5.00. The summed E-state index contributed by atoms with van der Waals surface area (Å²) in [5.74, 6) is -0.443. The van der Waals surface area contributed by atoms with E-state index < -0.39 is 15.8 Å². The first-order valence-electron chi connectivity index (χ1n) is 7.21. The standard InChI is InChI=1S/C15H22N2O3S/c1-12-4-2-5-14(10-12)17(8-3-7-16)15(18)13-6-9-21(19,20)11-13/h2,4-5,10,13H,3,6-9,11,16H2,1H3. The van der Waals surface area contributed by atoms with Gasteiger partial charge < -0.3 is 10.6 Å².